The number of nitrogens with one attached hydrogen (secondary N) is 2. The lowest BCUT2D eigenvalue weighted by atomic mass is 9.99. The number of amides is 1. The van der Waals surface area contributed by atoms with E-state index in [9.17, 15) is 18.0 Å². The molecule has 0 fully saturated rings. The molecule has 2 N–H and O–H groups in total. The number of aryl methyl sites for hydroxylation is 2. The maximum absolute atomic E-state index is 13.3. The van der Waals surface area contributed by atoms with E-state index in [1.54, 1.807) is 4.68 Å². The highest BCUT2D eigenvalue weighted by atomic mass is 19.4. The maximum atomic E-state index is 13.3. The second-order valence-corrected chi connectivity index (χ2v) is 8.25. The summed E-state index contributed by atoms with van der Waals surface area (Å²) in [6.07, 6.45) is -3.33. The molecule has 0 aliphatic carbocycles. The van der Waals surface area contributed by atoms with E-state index < -0.39 is 23.7 Å². The van der Waals surface area contributed by atoms with Crippen LogP contribution in [0.15, 0.2) is 36.4 Å². The molecule has 1 aromatic carbocycles. The highest BCUT2D eigenvalue weighted by molar-refractivity contribution is 6.01. The van der Waals surface area contributed by atoms with Crippen molar-refractivity contribution in [1.82, 2.24) is 20.1 Å². The van der Waals surface area contributed by atoms with Crippen LogP contribution in [0.3, 0.4) is 0 Å². The van der Waals surface area contributed by atoms with E-state index >= 15 is 0 Å². The van der Waals surface area contributed by atoms with E-state index in [1.165, 1.54) is 6.07 Å². The highest BCUT2D eigenvalue weighted by Crippen LogP contribution is 2.35. The molecule has 10 heteroatoms. The van der Waals surface area contributed by atoms with Crippen molar-refractivity contribution in [2.45, 2.75) is 38.5 Å². The molecule has 5 rings (SSSR count). The highest BCUT2D eigenvalue weighted by Gasteiger charge is 2.33. The number of hydrogen-bond donors (Lipinski definition) is 2. The minimum absolute atomic E-state index is 0.161. The Hall–Kier alpha value is -3.56. The number of halogens is 3. The van der Waals surface area contributed by atoms with Gasteiger partial charge < -0.3 is 15.4 Å². The fraction of sp³-hybridized carbons (Fsp3) is 0.348. The van der Waals surface area contributed by atoms with Crippen LogP contribution in [0.2, 0.25) is 0 Å². The van der Waals surface area contributed by atoms with Gasteiger partial charge in [0.2, 0.25) is 0 Å². The molecule has 4 heterocycles. The van der Waals surface area contributed by atoms with E-state index in [0.29, 0.717) is 29.1 Å². The summed E-state index contributed by atoms with van der Waals surface area (Å²) in [5.74, 6) is 0.727. The molecule has 0 saturated heterocycles. The van der Waals surface area contributed by atoms with Gasteiger partial charge in [-0.2, -0.15) is 18.3 Å². The van der Waals surface area contributed by atoms with Crippen molar-refractivity contribution in [2.24, 2.45) is 0 Å². The zero-order chi connectivity index (χ0) is 23.2. The lowest BCUT2D eigenvalue weighted by Crippen LogP contribution is -2.43. The number of anilines is 1. The summed E-state index contributed by atoms with van der Waals surface area (Å²) in [7, 11) is 0. The Morgan fingerprint density at radius 2 is 2.12 bits per heavy atom. The molecule has 0 bridgehead atoms. The molecule has 2 aliphatic heterocycles. The van der Waals surface area contributed by atoms with Crippen molar-refractivity contribution in [1.29, 1.82) is 0 Å². The normalized spacial score (nSPS) is 17.4. The van der Waals surface area contributed by atoms with E-state index in [0.717, 1.165) is 36.6 Å². The topological polar surface area (TPSA) is 81.1 Å². The fourth-order valence-corrected chi connectivity index (χ4v) is 4.24. The number of carbonyl (C=O) groups is 1. The van der Waals surface area contributed by atoms with Crippen molar-refractivity contribution >= 4 is 11.7 Å². The van der Waals surface area contributed by atoms with Crippen LogP contribution >= 0.6 is 0 Å². The molecule has 172 valence electrons. The number of hydrogen-bond acceptors (Lipinski definition) is 5. The molecule has 0 spiro atoms. The van der Waals surface area contributed by atoms with Gasteiger partial charge in [0.05, 0.1) is 22.9 Å². The summed E-state index contributed by atoms with van der Waals surface area (Å²) >= 11 is 0. The van der Waals surface area contributed by atoms with Crippen molar-refractivity contribution < 1.29 is 22.7 Å². The SMILES string of the molecule is Cc1cccc(-c2c(C(=O)N[C@H]3COc4ccc(C(F)(F)F)cc4C3)nn3c2NCCC3)n1. The van der Waals surface area contributed by atoms with Gasteiger partial charge in [0, 0.05) is 18.8 Å². The molecule has 2 aliphatic rings. The summed E-state index contributed by atoms with van der Waals surface area (Å²) in [6.45, 7) is 3.47. The standard InChI is InChI=1S/C23H22F3N5O2/c1-13-4-2-5-17(28-13)19-20(30-31-9-3-8-27-21(19)31)22(32)29-16-11-14-10-15(23(24,25)26)6-7-18(14)33-12-16/h2,4-7,10,16,27H,3,8-9,11-12H2,1H3,(H,29,32)/t16-/m1/s1. The average Bonchev–Trinajstić information content (AvgIpc) is 3.18. The fourth-order valence-electron chi connectivity index (χ4n) is 4.24. The molecule has 0 saturated carbocycles. The first-order valence-corrected chi connectivity index (χ1v) is 10.7. The Morgan fingerprint density at radius 1 is 1.27 bits per heavy atom. The summed E-state index contributed by atoms with van der Waals surface area (Å²) in [4.78, 5) is 17.8. The first kappa shape index (κ1) is 21.3. The number of benzene rings is 1. The molecular weight excluding hydrogens is 435 g/mol. The summed E-state index contributed by atoms with van der Waals surface area (Å²) in [5.41, 5.74) is 1.97. The number of pyridine rings is 1. The molecule has 0 radical (unpaired) electrons. The molecule has 2 aromatic heterocycles. The summed E-state index contributed by atoms with van der Waals surface area (Å²) in [5, 5.41) is 10.7. The molecule has 33 heavy (non-hydrogen) atoms. The minimum atomic E-state index is -4.44. The number of nitrogens with zero attached hydrogens (tertiary/aromatic N) is 3. The third-order valence-electron chi connectivity index (χ3n) is 5.78. The predicted molar refractivity (Wildman–Crippen MR) is 115 cm³/mol. The van der Waals surface area contributed by atoms with E-state index in [4.69, 9.17) is 4.74 Å². The number of fused-ring (bicyclic) bond motifs is 2. The maximum Gasteiger partial charge on any atom is 0.416 e. The lowest BCUT2D eigenvalue weighted by Gasteiger charge is -2.26. The third-order valence-corrected chi connectivity index (χ3v) is 5.78. The van der Waals surface area contributed by atoms with E-state index in [2.05, 4.69) is 20.7 Å². The molecular formula is C23H22F3N5O2. The number of carbonyl (C=O) groups excluding carboxylic acids is 1. The Balaban J connectivity index is 1.43. The third kappa shape index (κ3) is 4.12. The summed E-state index contributed by atoms with van der Waals surface area (Å²) < 4.78 is 46.7. The van der Waals surface area contributed by atoms with E-state index in [1.807, 2.05) is 25.1 Å². The number of alkyl halides is 3. The van der Waals surface area contributed by atoms with Gasteiger partial charge in [0.25, 0.3) is 5.91 Å². The van der Waals surface area contributed by atoms with Gasteiger partial charge in [0.1, 0.15) is 18.2 Å². The van der Waals surface area contributed by atoms with Crippen molar-refractivity contribution in [3.8, 4) is 17.0 Å². The smallest absolute Gasteiger partial charge is 0.416 e. The number of aromatic nitrogens is 3. The number of ether oxygens (including phenoxy) is 1. The largest absolute Gasteiger partial charge is 0.491 e. The van der Waals surface area contributed by atoms with Gasteiger partial charge in [0.15, 0.2) is 5.69 Å². The van der Waals surface area contributed by atoms with Crippen LogP contribution in [0.1, 0.15) is 33.7 Å². The van der Waals surface area contributed by atoms with Gasteiger partial charge in [-0.3, -0.25) is 9.78 Å². The molecule has 7 nitrogen and oxygen atoms in total. The molecule has 3 aromatic rings. The van der Waals surface area contributed by atoms with Crippen LogP contribution in [0.5, 0.6) is 5.75 Å². The average molecular weight is 457 g/mol. The van der Waals surface area contributed by atoms with Crippen LogP contribution in [-0.4, -0.2) is 39.9 Å². The van der Waals surface area contributed by atoms with Gasteiger partial charge in [-0.1, -0.05) is 6.07 Å². The van der Waals surface area contributed by atoms with Crippen LogP contribution in [-0.2, 0) is 19.1 Å². The van der Waals surface area contributed by atoms with Crippen molar-refractivity contribution in [3.63, 3.8) is 0 Å². The molecule has 0 unspecified atom stereocenters. The van der Waals surface area contributed by atoms with Crippen LogP contribution < -0.4 is 15.4 Å². The zero-order valence-corrected chi connectivity index (χ0v) is 17.9. The summed E-state index contributed by atoms with van der Waals surface area (Å²) in [6, 6.07) is 8.49. The predicted octanol–water partition coefficient (Wildman–Crippen LogP) is 3.82. The molecule has 1 atom stereocenters. The Kier molecular flexibility index (Phi) is 5.22. The van der Waals surface area contributed by atoms with Gasteiger partial charge in [-0.05, 0) is 55.7 Å². The van der Waals surface area contributed by atoms with E-state index in [-0.39, 0.29) is 18.7 Å². The van der Waals surface area contributed by atoms with Crippen LogP contribution in [0, 0.1) is 6.92 Å². The monoisotopic (exact) mass is 457 g/mol. The quantitative estimate of drug-likeness (QED) is 0.625. The Labute approximate surface area is 188 Å². The lowest BCUT2D eigenvalue weighted by molar-refractivity contribution is -0.137. The number of rotatable bonds is 3. The molecule has 1 amide bonds. The Morgan fingerprint density at radius 3 is 2.91 bits per heavy atom. The van der Waals surface area contributed by atoms with Gasteiger partial charge >= 0.3 is 6.18 Å². The minimum Gasteiger partial charge on any atom is -0.491 e. The van der Waals surface area contributed by atoms with Crippen molar-refractivity contribution in [3.05, 3.63) is 58.9 Å². The Bertz CT molecular complexity index is 1220. The van der Waals surface area contributed by atoms with Crippen LogP contribution in [0.25, 0.3) is 11.3 Å². The zero-order valence-electron chi connectivity index (χ0n) is 17.9. The van der Waals surface area contributed by atoms with Gasteiger partial charge in [-0.25, -0.2) is 4.68 Å². The van der Waals surface area contributed by atoms with Gasteiger partial charge in [-0.15, -0.1) is 0 Å². The van der Waals surface area contributed by atoms with Crippen LogP contribution in [0.4, 0.5) is 19.0 Å². The first-order chi connectivity index (χ1) is 15.8. The van der Waals surface area contributed by atoms with Crippen molar-refractivity contribution in [2.75, 3.05) is 18.5 Å². The second-order valence-electron chi connectivity index (χ2n) is 8.25. The second kappa shape index (κ2) is 8.09. The first-order valence-electron chi connectivity index (χ1n) is 10.7.